The molecule has 0 saturated carbocycles. The molecule has 0 aromatic heterocycles. The van der Waals surface area contributed by atoms with Crippen LogP contribution in [-0.2, 0) is 4.79 Å². The van der Waals surface area contributed by atoms with Gasteiger partial charge in [-0.2, -0.15) is 0 Å². The summed E-state index contributed by atoms with van der Waals surface area (Å²) in [4.78, 5) is 55.0. The molecule has 3 aromatic rings. The smallest absolute Gasteiger partial charge is 0.280 e. The van der Waals surface area contributed by atoms with E-state index in [2.05, 4.69) is 9.98 Å². The van der Waals surface area contributed by atoms with Crippen LogP contribution in [0.4, 0.5) is 22.7 Å². The molecule has 1 atom stereocenters. The molecule has 34 heavy (non-hydrogen) atoms. The minimum Gasteiger partial charge on any atom is -0.299 e. The van der Waals surface area contributed by atoms with E-state index in [-0.39, 0.29) is 28.2 Å². The highest BCUT2D eigenvalue weighted by Gasteiger charge is 2.43. The van der Waals surface area contributed by atoms with Crippen molar-refractivity contribution in [2.45, 2.75) is 6.92 Å². The first-order chi connectivity index (χ1) is 16.3. The summed E-state index contributed by atoms with van der Waals surface area (Å²) in [5, 5.41) is 22.3. The maximum absolute atomic E-state index is 12.8. The lowest BCUT2D eigenvalue weighted by molar-refractivity contribution is -0.385. The zero-order valence-electron chi connectivity index (χ0n) is 17.7. The van der Waals surface area contributed by atoms with Gasteiger partial charge in [-0.25, -0.2) is 0 Å². The normalized spacial score (nSPS) is 16.1. The number of rotatable bonds is 6. The van der Waals surface area contributed by atoms with Crippen molar-refractivity contribution in [3.8, 4) is 0 Å². The summed E-state index contributed by atoms with van der Waals surface area (Å²) >= 11 is 0. The second kappa shape index (κ2) is 8.94. The standard InChI is InChI=1S/C24H16N4O6/c1-14(29)21-23(19-6-3-7-20(28(33)34)22(19)24(21)30)26-17-10-8-16(9-11-17)25-13-15-4-2-5-18(12-15)27(31)32/h2-13,21H,1H3. The van der Waals surface area contributed by atoms with Gasteiger partial charge in [0.05, 0.1) is 26.9 Å². The third-order valence-corrected chi connectivity index (χ3v) is 5.25. The van der Waals surface area contributed by atoms with Crippen LogP contribution in [0.1, 0.15) is 28.4 Å². The topological polar surface area (TPSA) is 145 Å². The zero-order valence-corrected chi connectivity index (χ0v) is 17.7. The Balaban J connectivity index is 1.66. The summed E-state index contributed by atoms with van der Waals surface area (Å²) < 4.78 is 0. The van der Waals surface area contributed by atoms with E-state index >= 15 is 0 Å². The number of nitro groups is 2. The molecule has 0 N–H and O–H groups in total. The van der Waals surface area contributed by atoms with E-state index in [0.717, 1.165) is 0 Å². The lowest BCUT2D eigenvalue weighted by Gasteiger charge is -2.06. The van der Waals surface area contributed by atoms with Crippen LogP contribution >= 0.6 is 0 Å². The van der Waals surface area contributed by atoms with Crippen molar-refractivity contribution in [2.24, 2.45) is 15.9 Å². The van der Waals surface area contributed by atoms with Crippen molar-refractivity contribution >= 4 is 46.2 Å². The molecule has 168 valence electrons. The highest BCUT2D eigenvalue weighted by molar-refractivity contribution is 6.38. The number of ketones is 2. The summed E-state index contributed by atoms with van der Waals surface area (Å²) in [6.07, 6.45) is 1.49. The van der Waals surface area contributed by atoms with E-state index in [1.54, 1.807) is 42.5 Å². The number of nitro benzene ring substituents is 2. The first kappa shape index (κ1) is 22.3. The molecule has 0 radical (unpaired) electrons. The Morgan fingerprint density at radius 3 is 2.26 bits per heavy atom. The van der Waals surface area contributed by atoms with E-state index in [0.29, 0.717) is 16.9 Å². The molecule has 0 saturated heterocycles. The maximum Gasteiger partial charge on any atom is 0.280 e. The zero-order chi connectivity index (χ0) is 24.4. The van der Waals surface area contributed by atoms with Crippen molar-refractivity contribution in [3.63, 3.8) is 0 Å². The van der Waals surface area contributed by atoms with Gasteiger partial charge in [0.25, 0.3) is 11.4 Å². The summed E-state index contributed by atoms with van der Waals surface area (Å²) in [5.74, 6) is -2.29. The molecule has 0 spiro atoms. The number of aliphatic imine (C=N–C) groups is 2. The average Bonchev–Trinajstić information content (AvgIpc) is 3.10. The monoisotopic (exact) mass is 456 g/mol. The van der Waals surface area contributed by atoms with Gasteiger partial charge in [0.2, 0.25) is 0 Å². The molecular weight excluding hydrogens is 440 g/mol. The van der Waals surface area contributed by atoms with E-state index in [4.69, 9.17) is 0 Å². The van der Waals surface area contributed by atoms with Crippen molar-refractivity contribution < 1.29 is 19.4 Å². The van der Waals surface area contributed by atoms with Gasteiger partial charge in [-0.1, -0.05) is 24.3 Å². The minimum atomic E-state index is -1.21. The molecule has 1 aliphatic rings. The minimum absolute atomic E-state index is 0.0400. The van der Waals surface area contributed by atoms with Crippen LogP contribution in [0, 0.1) is 26.1 Å². The van der Waals surface area contributed by atoms with Crippen LogP contribution in [0.3, 0.4) is 0 Å². The van der Waals surface area contributed by atoms with Gasteiger partial charge in [-0.05, 0) is 36.8 Å². The predicted molar refractivity (Wildman–Crippen MR) is 125 cm³/mol. The largest absolute Gasteiger partial charge is 0.299 e. The molecule has 1 aliphatic carbocycles. The molecule has 4 rings (SSSR count). The van der Waals surface area contributed by atoms with Gasteiger partial charge in [0.1, 0.15) is 17.3 Å². The lowest BCUT2D eigenvalue weighted by Crippen LogP contribution is -2.23. The van der Waals surface area contributed by atoms with Crippen LogP contribution in [-0.4, -0.2) is 33.3 Å². The maximum atomic E-state index is 12.8. The molecule has 10 nitrogen and oxygen atoms in total. The van der Waals surface area contributed by atoms with Gasteiger partial charge in [-0.15, -0.1) is 0 Å². The Morgan fingerprint density at radius 1 is 0.941 bits per heavy atom. The number of carbonyl (C=O) groups is 2. The van der Waals surface area contributed by atoms with E-state index in [1.165, 1.54) is 37.4 Å². The van der Waals surface area contributed by atoms with Gasteiger partial charge < -0.3 is 0 Å². The van der Waals surface area contributed by atoms with Gasteiger partial charge >= 0.3 is 0 Å². The van der Waals surface area contributed by atoms with Crippen LogP contribution in [0.15, 0.2) is 76.7 Å². The number of carbonyl (C=O) groups excluding carboxylic acids is 2. The lowest BCUT2D eigenvalue weighted by atomic mass is 9.99. The first-order valence-corrected chi connectivity index (χ1v) is 10.1. The van der Waals surface area contributed by atoms with E-state index in [1.807, 2.05) is 0 Å². The van der Waals surface area contributed by atoms with Crippen LogP contribution in [0.2, 0.25) is 0 Å². The summed E-state index contributed by atoms with van der Waals surface area (Å²) in [5.41, 5.74) is 1.48. The Hall–Kier alpha value is -4.86. The number of fused-ring (bicyclic) bond motifs is 1. The van der Waals surface area contributed by atoms with Crippen LogP contribution in [0.5, 0.6) is 0 Å². The SMILES string of the molecule is CC(=O)C1C(=O)c2c(cccc2[N+](=O)[O-])C1=Nc1ccc(N=Cc2cccc([N+](=O)[O-])c2)cc1. The van der Waals surface area contributed by atoms with Crippen molar-refractivity contribution in [1.82, 2.24) is 0 Å². The van der Waals surface area contributed by atoms with Crippen molar-refractivity contribution in [3.05, 3.63) is 104 Å². The third kappa shape index (κ3) is 4.24. The fourth-order valence-corrected chi connectivity index (χ4v) is 3.71. The molecule has 0 heterocycles. The number of nitrogens with zero attached hydrogens (tertiary/aromatic N) is 4. The second-order valence-corrected chi connectivity index (χ2v) is 7.49. The molecule has 0 amide bonds. The Bertz CT molecular complexity index is 1410. The Labute approximate surface area is 192 Å². The van der Waals surface area contributed by atoms with Crippen LogP contribution < -0.4 is 0 Å². The Kier molecular flexibility index (Phi) is 5.88. The molecular formula is C24H16N4O6. The second-order valence-electron chi connectivity index (χ2n) is 7.49. The van der Waals surface area contributed by atoms with Crippen LogP contribution in [0.25, 0.3) is 0 Å². The number of hydrogen-bond donors (Lipinski definition) is 0. The molecule has 3 aromatic carbocycles. The molecule has 1 unspecified atom stereocenters. The fraction of sp³-hybridized carbons (Fsp3) is 0.0833. The third-order valence-electron chi connectivity index (χ3n) is 5.25. The van der Waals surface area contributed by atoms with E-state index < -0.39 is 27.3 Å². The molecule has 0 aliphatic heterocycles. The van der Waals surface area contributed by atoms with Gasteiger partial charge in [-0.3, -0.25) is 39.8 Å². The summed E-state index contributed by atoms with van der Waals surface area (Å²) in [7, 11) is 0. The summed E-state index contributed by atoms with van der Waals surface area (Å²) in [6, 6.07) is 16.8. The van der Waals surface area contributed by atoms with E-state index in [9.17, 15) is 29.8 Å². The molecule has 0 fully saturated rings. The van der Waals surface area contributed by atoms with Crippen molar-refractivity contribution in [2.75, 3.05) is 0 Å². The van der Waals surface area contributed by atoms with Gasteiger partial charge in [0, 0.05) is 30.0 Å². The quantitative estimate of drug-likeness (QED) is 0.226. The summed E-state index contributed by atoms with van der Waals surface area (Å²) in [6.45, 7) is 1.25. The van der Waals surface area contributed by atoms with Crippen molar-refractivity contribution in [1.29, 1.82) is 0 Å². The molecule has 10 heteroatoms. The highest BCUT2D eigenvalue weighted by Crippen LogP contribution is 2.36. The Morgan fingerprint density at radius 2 is 1.62 bits per heavy atom. The van der Waals surface area contributed by atoms with Gasteiger partial charge in [0.15, 0.2) is 5.78 Å². The number of Topliss-reactive ketones (excluding diaryl/α,β-unsaturated/α-hetero) is 2. The number of non-ortho nitro benzene ring substituents is 1. The fourth-order valence-electron chi connectivity index (χ4n) is 3.71. The molecule has 0 bridgehead atoms. The first-order valence-electron chi connectivity index (χ1n) is 10.1. The average molecular weight is 456 g/mol. The number of hydrogen-bond acceptors (Lipinski definition) is 8. The highest BCUT2D eigenvalue weighted by atomic mass is 16.6. The predicted octanol–water partition coefficient (Wildman–Crippen LogP) is 4.78. The number of benzene rings is 3.